The van der Waals surface area contributed by atoms with Crippen molar-refractivity contribution in [2.24, 2.45) is 0 Å². The summed E-state index contributed by atoms with van der Waals surface area (Å²) in [6.07, 6.45) is 0. The summed E-state index contributed by atoms with van der Waals surface area (Å²) in [5.41, 5.74) is 0.864. The van der Waals surface area contributed by atoms with Crippen molar-refractivity contribution in [2.75, 3.05) is 30.9 Å². The Balaban J connectivity index is 2.14. The molecule has 3 N–H and O–H groups in total. The van der Waals surface area contributed by atoms with Gasteiger partial charge in [-0.2, -0.15) is 0 Å². The molecule has 1 heterocycles. The first-order chi connectivity index (χ1) is 13.9. The Morgan fingerprint density at radius 2 is 1.83 bits per heavy atom. The van der Waals surface area contributed by atoms with Crippen LogP contribution in [0.1, 0.15) is 5.56 Å². The van der Waals surface area contributed by atoms with Crippen LogP contribution in [0.3, 0.4) is 0 Å². The maximum Gasteiger partial charge on any atom is 0.323 e. The molecule has 152 valence electrons. The molecule has 2 aromatic carbocycles. The van der Waals surface area contributed by atoms with Gasteiger partial charge in [-0.05, 0) is 28.9 Å². The molecule has 3 aromatic rings. The van der Waals surface area contributed by atoms with E-state index in [1.54, 1.807) is 6.92 Å². The summed E-state index contributed by atoms with van der Waals surface area (Å²) in [6, 6.07) is 4.21. The summed E-state index contributed by atoms with van der Waals surface area (Å²) in [5.74, 6) is 0.0400. The molecule has 0 atom stereocenters. The normalized spacial score (nSPS) is 10.7. The van der Waals surface area contributed by atoms with Crippen molar-refractivity contribution in [1.82, 2.24) is 10.3 Å². The van der Waals surface area contributed by atoms with Gasteiger partial charge >= 0.3 is 11.4 Å². The fourth-order valence-corrected chi connectivity index (χ4v) is 2.79. The Morgan fingerprint density at radius 1 is 1.10 bits per heavy atom. The van der Waals surface area contributed by atoms with E-state index in [1.165, 1.54) is 25.3 Å². The van der Waals surface area contributed by atoms with Crippen molar-refractivity contribution in [1.29, 1.82) is 0 Å². The number of hydrogen-bond acceptors (Lipinski definition) is 11. The molecule has 3 rings (SSSR count). The third kappa shape index (κ3) is 3.70. The Kier molecular flexibility index (Phi) is 5.40. The van der Waals surface area contributed by atoms with Crippen LogP contribution in [0.2, 0.25) is 0 Å². The van der Waals surface area contributed by atoms with Crippen LogP contribution in [0.25, 0.3) is 11.0 Å². The summed E-state index contributed by atoms with van der Waals surface area (Å²) in [5, 5.41) is 44.8. The third-order valence-corrected chi connectivity index (χ3v) is 4.11. The van der Waals surface area contributed by atoms with Gasteiger partial charge in [0.1, 0.15) is 5.69 Å². The molecule has 0 radical (unpaired) electrons. The second-order valence-corrected chi connectivity index (χ2v) is 5.91. The minimum Gasteiger partial charge on any atom is -0.490 e. The lowest BCUT2D eigenvalue weighted by atomic mass is 10.1. The van der Waals surface area contributed by atoms with Crippen molar-refractivity contribution < 1.29 is 24.3 Å². The van der Waals surface area contributed by atoms with Crippen molar-refractivity contribution in [3.05, 3.63) is 44.0 Å². The second-order valence-electron chi connectivity index (χ2n) is 5.91. The number of benzene rings is 2. The molecule has 0 spiro atoms. The number of fused-ring (bicyclic) bond motifs is 1. The monoisotopic (exact) mass is 404 g/mol. The van der Waals surface area contributed by atoms with Gasteiger partial charge < -0.3 is 20.5 Å². The number of nitrogens with one attached hydrogen (secondary N) is 2. The molecule has 0 aliphatic heterocycles. The molecule has 0 unspecified atom stereocenters. The van der Waals surface area contributed by atoms with E-state index < -0.39 is 9.85 Å². The highest BCUT2D eigenvalue weighted by Crippen LogP contribution is 2.40. The summed E-state index contributed by atoms with van der Waals surface area (Å²) in [7, 11) is 1.31. The predicted octanol–water partition coefficient (Wildman–Crippen LogP) is 2.50. The van der Waals surface area contributed by atoms with Crippen molar-refractivity contribution in [3.8, 4) is 5.75 Å². The van der Waals surface area contributed by atoms with Gasteiger partial charge in [-0.1, -0.05) is 0 Å². The van der Waals surface area contributed by atoms with E-state index in [2.05, 4.69) is 25.6 Å². The van der Waals surface area contributed by atoms with Gasteiger partial charge in [-0.15, -0.1) is 0 Å². The lowest BCUT2D eigenvalue weighted by molar-refractivity contribution is -0.385. The van der Waals surface area contributed by atoms with Crippen LogP contribution in [0.15, 0.2) is 22.8 Å². The first-order valence-electron chi connectivity index (χ1n) is 8.25. The second kappa shape index (κ2) is 7.93. The average Bonchev–Trinajstić information content (AvgIpc) is 3.16. The highest BCUT2D eigenvalue weighted by atomic mass is 16.6. The number of aliphatic hydroxyl groups is 1. The standard InChI is InChI=1S/C16H16N6O7/c1-8-5-12(21(24)25)13(28-2)7-9(8)18-10-6-11(17-3-4-23)16(22(26)27)15-14(10)19-29-20-15/h5-7,17-18,23H,3-4H2,1-2H3. The quantitative estimate of drug-likeness (QED) is 0.371. The molecule has 1 aromatic heterocycles. The fraction of sp³-hybridized carbons (Fsp3) is 0.250. The van der Waals surface area contributed by atoms with Crippen LogP contribution in [-0.2, 0) is 0 Å². The molecule has 0 saturated carbocycles. The molecule has 0 aliphatic carbocycles. The Labute approximate surface area is 162 Å². The van der Waals surface area contributed by atoms with E-state index in [9.17, 15) is 20.2 Å². The summed E-state index contributed by atoms with van der Waals surface area (Å²) < 4.78 is 9.77. The van der Waals surface area contributed by atoms with E-state index in [0.29, 0.717) is 16.9 Å². The number of aliphatic hydroxyl groups excluding tert-OH is 1. The Bertz CT molecular complexity index is 1100. The number of nitro benzene ring substituents is 2. The van der Waals surface area contributed by atoms with E-state index in [1.807, 2.05) is 0 Å². The van der Waals surface area contributed by atoms with Crippen molar-refractivity contribution >= 4 is 39.5 Å². The van der Waals surface area contributed by atoms with Gasteiger partial charge in [0.15, 0.2) is 11.3 Å². The number of nitro groups is 2. The molecule has 0 amide bonds. The number of ether oxygens (including phenoxy) is 1. The first-order valence-corrected chi connectivity index (χ1v) is 8.25. The average molecular weight is 404 g/mol. The minimum atomic E-state index is -0.629. The summed E-state index contributed by atoms with van der Waals surface area (Å²) in [4.78, 5) is 21.5. The van der Waals surface area contributed by atoms with Crippen molar-refractivity contribution in [3.63, 3.8) is 0 Å². The SMILES string of the molecule is COc1cc(Nc2cc(NCCO)c([N+](=O)[O-])c3nonc23)c(C)cc1[N+](=O)[O-]. The maximum absolute atomic E-state index is 11.5. The fourth-order valence-electron chi connectivity index (χ4n) is 2.79. The molecule has 29 heavy (non-hydrogen) atoms. The summed E-state index contributed by atoms with van der Waals surface area (Å²) >= 11 is 0. The zero-order valence-corrected chi connectivity index (χ0v) is 15.3. The van der Waals surface area contributed by atoms with E-state index >= 15 is 0 Å². The van der Waals surface area contributed by atoms with Gasteiger partial charge in [0.25, 0.3) is 0 Å². The Morgan fingerprint density at radius 3 is 2.45 bits per heavy atom. The number of rotatable bonds is 8. The van der Waals surface area contributed by atoms with Crippen LogP contribution >= 0.6 is 0 Å². The van der Waals surface area contributed by atoms with Crippen LogP contribution in [0.5, 0.6) is 5.75 Å². The highest BCUT2D eigenvalue weighted by molar-refractivity contribution is 6.00. The molecular formula is C16H16N6O7. The highest BCUT2D eigenvalue weighted by Gasteiger charge is 2.26. The molecule has 13 heteroatoms. The van der Waals surface area contributed by atoms with Crippen LogP contribution in [-0.4, -0.2) is 45.5 Å². The number of hydrogen-bond donors (Lipinski definition) is 3. The zero-order chi connectivity index (χ0) is 21.1. The molecule has 13 nitrogen and oxygen atoms in total. The molecular weight excluding hydrogens is 388 g/mol. The lowest BCUT2D eigenvalue weighted by Crippen LogP contribution is -2.08. The van der Waals surface area contributed by atoms with E-state index in [4.69, 9.17) is 9.84 Å². The number of anilines is 3. The smallest absolute Gasteiger partial charge is 0.323 e. The number of aromatic nitrogens is 2. The number of nitrogens with zero attached hydrogens (tertiary/aromatic N) is 4. The zero-order valence-electron chi connectivity index (χ0n) is 15.3. The molecule has 0 saturated heterocycles. The van der Waals surface area contributed by atoms with Crippen molar-refractivity contribution in [2.45, 2.75) is 6.92 Å². The van der Waals surface area contributed by atoms with Crippen LogP contribution < -0.4 is 15.4 Å². The predicted molar refractivity (Wildman–Crippen MR) is 102 cm³/mol. The van der Waals surface area contributed by atoms with Crippen LogP contribution in [0, 0.1) is 27.2 Å². The summed E-state index contributed by atoms with van der Waals surface area (Å²) in [6.45, 7) is 1.48. The molecule has 0 aliphatic rings. The number of methoxy groups -OCH3 is 1. The molecule has 0 bridgehead atoms. The lowest BCUT2D eigenvalue weighted by Gasteiger charge is -2.13. The largest absolute Gasteiger partial charge is 0.490 e. The van der Waals surface area contributed by atoms with Gasteiger partial charge in [-0.3, -0.25) is 20.2 Å². The van der Waals surface area contributed by atoms with Gasteiger partial charge in [0.05, 0.1) is 29.3 Å². The third-order valence-electron chi connectivity index (χ3n) is 4.11. The maximum atomic E-state index is 11.5. The minimum absolute atomic E-state index is 0.0400. The molecule has 0 fully saturated rings. The van der Waals surface area contributed by atoms with E-state index in [-0.39, 0.29) is 47.0 Å². The topological polar surface area (TPSA) is 179 Å². The number of aryl methyl sites for hydroxylation is 1. The van der Waals surface area contributed by atoms with E-state index in [0.717, 1.165) is 0 Å². The van der Waals surface area contributed by atoms with Crippen LogP contribution in [0.4, 0.5) is 28.4 Å². The van der Waals surface area contributed by atoms with Gasteiger partial charge in [-0.25, -0.2) is 4.63 Å². The van der Waals surface area contributed by atoms with Gasteiger partial charge in [0, 0.05) is 24.4 Å². The Hall–Kier alpha value is -4.00. The van der Waals surface area contributed by atoms with Gasteiger partial charge in [0.2, 0.25) is 5.52 Å². The first kappa shape index (κ1) is 19.8.